The summed E-state index contributed by atoms with van der Waals surface area (Å²) in [7, 11) is 1.72. The Hall–Kier alpha value is -3.62. The highest BCUT2D eigenvalue weighted by atomic mass is 16.5. The minimum absolute atomic E-state index is 0.126. The van der Waals surface area contributed by atoms with Crippen molar-refractivity contribution in [1.82, 2.24) is 14.5 Å². The van der Waals surface area contributed by atoms with Gasteiger partial charge in [-0.3, -0.25) is 14.3 Å². The van der Waals surface area contributed by atoms with E-state index in [1.54, 1.807) is 44.6 Å². The molecule has 1 N–H and O–H groups in total. The number of esters is 1. The van der Waals surface area contributed by atoms with E-state index in [0.29, 0.717) is 22.8 Å². The molecule has 0 saturated carbocycles. The number of rotatable bonds is 5. The number of carbonyl (C=O) groups is 2. The number of ether oxygens (including phenoxy) is 1. The topological polar surface area (TPSA) is 108 Å². The Bertz CT molecular complexity index is 1100. The third-order valence-corrected chi connectivity index (χ3v) is 4.69. The number of aryl methyl sites for hydroxylation is 2. The van der Waals surface area contributed by atoms with Crippen LogP contribution < -0.4 is 10.9 Å². The van der Waals surface area contributed by atoms with E-state index in [4.69, 9.17) is 9.26 Å². The minimum Gasteiger partial charge on any atom is -0.449 e. The number of para-hydroxylation sites is 1. The second-order valence-corrected chi connectivity index (χ2v) is 6.67. The van der Waals surface area contributed by atoms with Crippen LogP contribution in [-0.2, 0) is 16.6 Å². The molecule has 0 aliphatic carbocycles. The molecule has 2 aromatic heterocycles. The lowest BCUT2D eigenvalue weighted by molar-refractivity contribution is -0.123. The van der Waals surface area contributed by atoms with Crippen LogP contribution >= 0.6 is 0 Å². The summed E-state index contributed by atoms with van der Waals surface area (Å²) in [6, 6.07) is 9.07. The first-order valence-electron chi connectivity index (χ1n) is 9.01. The lowest BCUT2D eigenvalue weighted by Crippen LogP contribution is -2.32. The van der Waals surface area contributed by atoms with E-state index in [1.807, 2.05) is 18.2 Å². The maximum absolute atomic E-state index is 12.9. The number of hydrogen-bond donors (Lipinski definition) is 1. The molecule has 3 rings (SSSR count). The molecule has 0 fully saturated rings. The number of hydrogen-bond acceptors (Lipinski definition) is 6. The third-order valence-electron chi connectivity index (χ3n) is 4.69. The van der Waals surface area contributed by atoms with E-state index in [0.717, 1.165) is 0 Å². The molecule has 0 radical (unpaired) electrons. The summed E-state index contributed by atoms with van der Waals surface area (Å²) in [5.41, 5.74) is 1.55. The molecule has 1 aromatic carbocycles. The highest BCUT2D eigenvalue weighted by Crippen LogP contribution is 2.17. The normalized spacial score (nSPS) is 11.9. The summed E-state index contributed by atoms with van der Waals surface area (Å²) in [6.45, 7) is 6.34. The number of nitrogens with one attached hydrogen (secondary N) is 1. The number of nitrogens with zero attached hydrogens (tertiary/aromatic N) is 3. The van der Waals surface area contributed by atoms with Crippen molar-refractivity contribution in [2.75, 3.05) is 5.32 Å². The molecule has 9 heteroatoms. The molecule has 0 spiro atoms. The van der Waals surface area contributed by atoms with Crippen LogP contribution in [0.5, 0.6) is 0 Å². The number of carbonyl (C=O) groups excluding carboxylic acids is 2. The summed E-state index contributed by atoms with van der Waals surface area (Å²) in [5.74, 6) is -1.02. The summed E-state index contributed by atoms with van der Waals surface area (Å²) >= 11 is 0. The van der Waals surface area contributed by atoms with Crippen molar-refractivity contribution in [2.45, 2.75) is 33.8 Å². The predicted octanol–water partition coefficient (Wildman–Crippen LogP) is 2.27. The van der Waals surface area contributed by atoms with E-state index >= 15 is 0 Å². The van der Waals surface area contributed by atoms with E-state index in [-0.39, 0.29) is 16.8 Å². The van der Waals surface area contributed by atoms with Crippen molar-refractivity contribution in [3.8, 4) is 5.69 Å². The Morgan fingerprint density at radius 1 is 1.17 bits per heavy atom. The van der Waals surface area contributed by atoms with E-state index in [2.05, 4.69) is 10.5 Å². The average Bonchev–Trinajstić information content (AvgIpc) is 3.13. The molecule has 3 aromatic rings. The largest absolute Gasteiger partial charge is 0.449 e. The Morgan fingerprint density at radius 2 is 1.83 bits per heavy atom. The first-order chi connectivity index (χ1) is 13.7. The van der Waals surface area contributed by atoms with Crippen LogP contribution in [0.2, 0.25) is 0 Å². The first kappa shape index (κ1) is 20.1. The van der Waals surface area contributed by atoms with E-state index in [1.165, 1.54) is 11.6 Å². The van der Waals surface area contributed by atoms with E-state index in [9.17, 15) is 14.4 Å². The molecule has 29 heavy (non-hydrogen) atoms. The van der Waals surface area contributed by atoms with Gasteiger partial charge in [0.1, 0.15) is 17.0 Å². The fourth-order valence-electron chi connectivity index (χ4n) is 2.98. The van der Waals surface area contributed by atoms with E-state index < -0.39 is 18.0 Å². The van der Waals surface area contributed by atoms with Crippen molar-refractivity contribution < 1.29 is 18.8 Å². The van der Waals surface area contributed by atoms with Gasteiger partial charge in [0.05, 0.1) is 17.1 Å². The van der Waals surface area contributed by atoms with Gasteiger partial charge in [0.2, 0.25) is 0 Å². The molecule has 9 nitrogen and oxygen atoms in total. The fourth-order valence-corrected chi connectivity index (χ4v) is 2.98. The maximum atomic E-state index is 12.9. The predicted molar refractivity (Wildman–Crippen MR) is 105 cm³/mol. The molecule has 0 unspecified atom stereocenters. The highest BCUT2D eigenvalue weighted by Gasteiger charge is 2.26. The van der Waals surface area contributed by atoms with Crippen molar-refractivity contribution in [2.24, 2.45) is 7.05 Å². The average molecular weight is 398 g/mol. The second kappa shape index (κ2) is 7.78. The Balaban J connectivity index is 1.81. The van der Waals surface area contributed by atoms with Crippen LogP contribution in [0, 0.1) is 20.8 Å². The number of amides is 1. The quantitative estimate of drug-likeness (QED) is 0.661. The van der Waals surface area contributed by atoms with Crippen molar-refractivity contribution in [1.29, 1.82) is 0 Å². The van der Waals surface area contributed by atoms with Crippen molar-refractivity contribution in [3.63, 3.8) is 0 Å². The van der Waals surface area contributed by atoms with Crippen LogP contribution in [-0.4, -0.2) is 32.5 Å². The lowest BCUT2D eigenvalue weighted by atomic mass is 10.2. The Morgan fingerprint density at radius 3 is 2.41 bits per heavy atom. The van der Waals surface area contributed by atoms with Gasteiger partial charge in [-0.05, 0) is 39.8 Å². The van der Waals surface area contributed by atoms with Gasteiger partial charge in [-0.25, -0.2) is 9.48 Å². The van der Waals surface area contributed by atoms with Crippen LogP contribution in [0.25, 0.3) is 5.69 Å². The van der Waals surface area contributed by atoms with Crippen LogP contribution in [0.3, 0.4) is 0 Å². The van der Waals surface area contributed by atoms with Gasteiger partial charge in [0.15, 0.2) is 6.10 Å². The standard InChI is InChI=1S/C20H22N4O5/c1-11-16(13(3)29-22-11)20(27)28-14(4)18(25)21-17-12(2)23(5)24(19(17)26)15-9-7-6-8-10-15/h6-10,14H,1-5H3,(H,21,25)/t14-/m1/s1. The SMILES string of the molecule is Cc1noc(C)c1C(=O)O[C@H](C)C(=O)Nc1c(C)n(C)n(-c2ccccc2)c1=O. The zero-order valence-corrected chi connectivity index (χ0v) is 16.8. The van der Waals surface area contributed by atoms with Gasteiger partial charge < -0.3 is 14.6 Å². The molecular weight excluding hydrogens is 376 g/mol. The molecule has 0 saturated heterocycles. The van der Waals surface area contributed by atoms with Crippen LogP contribution in [0.1, 0.15) is 34.4 Å². The molecular formula is C20H22N4O5. The molecule has 0 bridgehead atoms. The molecule has 0 aliphatic heterocycles. The van der Waals surface area contributed by atoms with Crippen molar-refractivity contribution in [3.05, 3.63) is 63.4 Å². The Labute approximate surface area is 166 Å². The zero-order valence-electron chi connectivity index (χ0n) is 16.8. The summed E-state index contributed by atoms with van der Waals surface area (Å²) in [5, 5.41) is 6.28. The first-order valence-corrected chi connectivity index (χ1v) is 9.01. The van der Waals surface area contributed by atoms with Gasteiger partial charge in [0.25, 0.3) is 11.5 Å². The molecule has 2 heterocycles. The van der Waals surface area contributed by atoms with Gasteiger partial charge in [-0.2, -0.15) is 0 Å². The molecule has 152 valence electrons. The van der Waals surface area contributed by atoms with Gasteiger partial charge >= 0.3 is 5.97 Å². The van der Waals surface area contributed by atoms with Gasteiger partial charge in [-0.1, -0.05) is 23.4 Å². The van der Waals surface area contributed by atoms with Crippen molar-refractivity contribution >= 4 is 17.6 Å². The number of benzene rings is 1. The smallest absolute Gasteiger partial charge is 0.344 e. The fraction of sp³-hybridized carbons (Fsp3) is 0.300. The maximum Gasteiger partial charge on any atom is 0.344 e. The highest BCUT2D eigenvalue weighted by molar-refractivity contribution is 5.98. The summed E-state index contributed by atoms with van der Waals surface area (Å²) in [4.78, 5) is 37.8. The van der Waals surface area contributed by atoms with Crippen LogP contribution in [0.15, 0.2) is 39.6 Å². The monoisotopic (exact) mass is 398 g/mol. The number of aromatic nitrogens is 3. The molecule has 1 amide bonds. The third kappa shape index (κ3) is 3.71. The Kier molecular flexibility index (Phi) is 5.40. The second-order valence-electron chi connectivity index (χ2n) is 6.67. The van der Waals surface area contributed by atoms with Crippen LogP contribution in [0.4, 0.5) is 5.69 Å². The van der Waals surface area contributed by atoms with Gasteiger partial charge in [0, 0.05) is 7.05 Å². The number of anilines is 1. The summed E-state index contributed by atoms with van der Waals surface area (Å²) in [6.07, 6.45) is -1.12. The van der Waals surface area contributed by atoms with Gasteiger partial charge in [-0.15, -0.1) is 0 Å². The minimum atomic E-state index is -1.12. The zero-order chi connectivity index (χ0) is 21.3. The lowest BCUT2D eigenvalue weighted by Gasteiger charge is -2.12. The molecule has 1 atom stereocenters. The summed E-state index contributed by atoms with van der Waals surface area (Å²) < 4.78 is 13.3. The molecule has 0 aliphatic rings.